The van der Waals surface area contributed by atoms with Crippen molar-refractivity contribution < 1.29 is 14.7 Å². The highest BCUT2D eigenvalue weighted by molar-refractivity contribution is 9.10. The van der Waals surface area contributed by atoms with E-state index in [0.29, 0.717) is 30.3 Å². The zero-order valence-corrected chi connectivity index (χ0v) is 13.9. The van der Waals surface area contributed by atoms with Gasteiger partial charge in [0.15, 0.2) is 0 Å². The quantitative estimate of drug-likeness (QED) is 0.330. The molecule has 116 valence electrons. The van der Waals surface area contributed by atoms with Crippen LogP contribution in [0.1, 0.15) is 16.8 Å². The average Bonchev–Trinajstić information content (AvgIpc) is 2.45. The highest BCUT2D eigenvalue weighted by Gasteiger charge is 2.17. The Kier molecular flexibility index (Phi) is 7.49. The molecule has 0 aliphatic rings. The van der Waals surface area contributed by atoms with E-state index in [1.54, 1.807) is 30.2 Å². The summed E-state index contributed by atoms with van der Waals surface area (Å²) in [6, 6.07) is 4.99. The average molecular weight is 379 g/mol. The first-order valence-corrected chi connectivity index (χ1v) is 7.35. The molecule has 0 heterocycles. The lowest BCUT2D eigenvalue weighted by molar-refractivity contribution is 0.0700. The molecule has 0 aliphatic heterocycles. The molecule has 0 fully saturated rings. The lowest BCUT2D eigenvalue weighted by Gasteiger charge is -2.22. The lowest BCUT2D eigenvalue weighted by Crippen LogP contribution is -2.36. The maximum absolute atomic E-state index is 12.5. The highest BCUT2D eigenvalue weighted by atomic mass is 79.9. The van der Waals surface area contributed by atoms with Crippen molar-refractivity contribution in [2.24, 2.45) is 10.9 Å². The molecule has 1 amide bonds. The molecule has 1 rings (SSSR count). The maximum Gasteiger partial charge on any atom is 0.254 e. The largest absolute Gasteiger partial charge is 0.409 e. The van der Waals surface area contributed by atoms with E-state index in [1.165, 1.54) is 0 Å². The molecule has 21 heavy (non-hydrogen) atoms. The van der Waals surface area contributed by atoms with Crippen LogP contribution in [0.4, 0.5) is 0 Å². The van der Waals surface area contributed by atoms with Crippen LogP contribution in [0.25, 0.3) is 0 Å². The minimum Gasteiger partial charge on any atom is -0.409 e. The number of carbonyl (C=O) groups excluding carboxylic acids is 1. The maximum atomic E-state index is 12.5. The van der Waals surface area contributed by atoms with Gasteiger partial charge in [0, 0.05) is 41.7 Å². The van der Waals surface area contributed by atoms with Crippen LogP contribution in [-0.2, 0) is 4.74 Å². The van der Waals surface area contributed by atoms with Crippen molar-refractivity contribution in [1.29, 1.82) is 0 Å². The fourth-order valence-electron chi connectivity index (χ4n) is 1.68. The molecule has 0 bridgehead atoms. The number of hydrogen-bond donors (Lipinski definition) is 2. The Morgan fingerprint density at radius 2 is 2.19 bits per heavy atom. The Bertz CT molecular complexity index is 505. The molecule has 0 aliphatic carbocycles. The van der Waals surface area contributed by atoms with Gasteiger partial charge in [0.05, 0.1) is 6.61 Å². The van der Waals surface area contributed by atoms with Gasteiger partial charge in [-0.2, -0.15) is 0 Å². The Morgan fingerprint density at radius 3 is 2.76 bits per heavy atom. The number of halogens is 2. The molecule has 8 heteroatoms. The molecular weight excluding hydrogens is 362 g/mol. The second-order valence-electron chi connectivity index (χ2n) is 4.28. The second-order valence-corrected chi connectivity index (χ2v) is 5.64. The summed E-state index contributed by atoms with van der Waals surface area (Å²) in [4.78, 5) is 14.1. The van der Waals surface area contributed by atoms with Gasteiger partial charge in [0.25, 0.3) is 5.91 Å². The summed E-state index contributed by atoms with van der Waals surface area (Å²) in [5.41, 5.74) is 5.90. The number of oxime groups is 1. The number of benzene rings is 1. The zero-order chi connectivity index (χ0) is 15.8. The van der Waals surface area contributed by atoms with Crippen molar-refractivity contribution in [3.05, 3.63) is 33.3 Å². The van der Waals surface area contributed by atoms with E-state index in [0.717, 1.165) is 4.47 Å². The number of amides is 1. The first kappa shape index (κ1) is 17.7. The molecule has 6 nitrogen and oxygen atoms in total. The van der Waals surface area contributed by atoms with Crippen LogP contribution >= 0.6 is 27.5 Å². The monoisotopic (exact) mass is 377 g/mol. The summed E-state index contributed by atoms with van der Waals surface area (Å²) in [6.07, 6.45) is 0.272. The lowest BCUT2D eigenvalue weighted by atomic mass is 10.2. The van der Waals surface area contributed by atoms with Gasteiger partial charge in [-0.05, 0) is 18.2 Å². The molecule has 0 aromatic heterocycles. The summed E-state index contributed by atoms with van der Waals surface area (Å²) >= 11 is 9.26. The van der Waals surface area contributed by atoms with Gasteiger partial charge in [0.2, 0.25) is 0 Å². The molecule has 0 unspecified atom stereocenters. The van der Waals surface area contributed by atoms with Crippen LogP contribution < -0.4 is 5.73 Å². The van der Waals surface area contributed by atoms with Crippen molar-refractivity contribution in [2.45, 2.75) is 6.42 Å². The minimum absolute atomic E-state index is 0.0671. The van der Waals surface area contributed by atoms with Crippen LogP contribution in [0.2, 0.25) is 5.02 Å². The standard InChI is InChI=1S/C13H17BrClN3O3/c1-21-5-4-18(3-2-12(16)17-20)13(19)9-6-10(14)8-11(15)7-9/h6-8,20H,2-5H2,1H3,(H2,16,17). The topological polar surface area (TPSA) is 88.2 Å². The van der Waals surface area contributed by atoms with Crippen molar-refractivity contribution in [2.75, 3.05) is 26.8 Å². The van der Waals surface area contributed by atoms with E-state index in [9.17, 15) is 4.79 Å². The van der Waals surface area contributed by atoms with Crippen LogP contribution in [-0.4, -0.2) is 48.7 Å². The summed E-state index contributed by atoms with van der Waals surface area (Å²) in [7, 11) is 1.56. The Hall–Kier alpha value is -1.31. The molecule has 1 aromatic rings. The molecule has 3 N–H and O–H groups in total. The third-order valence-electron chi connectivity index (χ3n) is 2.73. The normalized spacial score (nSPS) is 11.5. The SMILES string of the molecule is COCCN(CC/C(N)=N/O)C(=O)c1cc(Cl)cc(Br)c1. The second kappa shape index (κ2) is 8.86. The number of nitrogens with zero attached hydrogens (tertiary/aromatic N) is 2. The first-order valence-electron chi connectivity index (χ1n) is 6.18. The van der Waals surface area contributed by atoms with E-state index in [-0.39, 0.29) is 18.2 Å². The van der Waals surface area contributed by atoms with Gasteiger partial charge in [-0.25, -0.2) is 0 Å². The Morgan fingerprint density at radius 1 is 1.48 bits per heavy atom. The van der Waals surface area contributed by atoms with E-state index < -0.39 is 0 Å². The fourth-order valence-corrected chi connectivity index (χ4v) is 2.54. The fraction of sp³-hybridized carbons (Fsp3) is 0.385. The Balaban J connectivity index is 2.87. The number of carbonyl (C=O) groups is 1. The van der Waals surface area contributed by atoms with Gasteiger partial charge in [-0.1, -0.05) is 32.7 Å². The minimum atomic E-state index is -0.194. The summed E-state index contributed by atoms with van der Waals surface area (Å²) < 4.78 is 5.72. The predicted octanol–water partition coefficient (Wildman–Crippen LogP) is 2.33. The molecule has 0 radical (unpaired) electrons. The highest BCUT2D eigenvalue weighted by Crippen LogP contribution is 2.20. The Labute approximate surface area is 136 Å². The molecule has 0 saturated carbocycles. The van der Waals surface area contributed by atoms with Gasteiger partial charge >= 0.3 is 0 Å². The van der Waals surface area contributed by atoms with E-state index in [2.05, 4.69) is 21.1 Å². The number of hydrogen-bond acceptors (Lipinski definition) is 4. The molecule has 0 saturated heterocycles. The number of nitrogens with two attached hydrogens (primary N) is 1. The third kappa shape index (κ3) is 5.91. The number of ether oxygens (including phenoxy) is 1. The molecule has 0 spiro atoms. The van der Waals surface area contributed by atoms with Crippen LogP contribution in [0.3, 0.4) is 0 Å². The van der Waals surface area contributed by atoms with Gasteiger partial charge in [-0.15, -0.1) is 0 Å². The molecule has 0 atom stereocenters. The predicted molar refractivity (Wildman–Crippen MR) is 85.0 cm³/mol. The molecular formula is C13H17BrClN3O3. The van der Waals surface area contributed by atoms with Gasteiger partial charge in [0.1, 0.15) is 5.84 Å². The van der Waals surface area contributed by atoms with Gasteiger partial charge in [-0.3, -0.25) is 4.79 Å². The number of rotatable bonds is 7. The molecule has 1 aromatic carbocycles. The van der Waals surface area contributed by atoms with Crippen molar-refractivity contribution in [3.63, 3.8) is 0 Å². The van der Waals surface area contributed by atoms with Crippen LogP contribution in [0.15, 0.2) is 27.8 Å². The summed E-state index contributed by atoms with van der Waals surface area (Å²) in [6.45, 7) is 1.12. The van der Waals surface area contributed by atoms with Crippen LogP contribution in [0.5, 0.6) is 0 Å². The van der Waals surface area contributed by atoms with Gasteiger partial charge < -0.3 is 20.6 Å². The summed E-state index contributed by atoms with van der Waals surface area (Å²) in [5.74, 6) is -0.126. The van der Waals surface area contributed by atoms with Crippen LogP contribution in [0, 0.1) is 0 Å². The first-order chi connectivity index (χ1) is 9.97. The van der Waals surface area contributed by atoms with E-state index >= 15 is 0 Å². The van der Waals surface area contributed by atoms with Crippen molar-refractivity contribution in [3.8, 4) is 0 Å². The van der Waals surface area contributed by atoms with E-state index in [1.807, 2.05) is 0 Å². The van der Waals surface area contributed by atoms with Crippen molar-refractivity contribution in [1.82, 2.24) is 4.90 Å². The zero-order valence-electron chi connectivity index (χ0n) is 11.6. The smallest absolute Gasteiger partial charge is 0.254 e. The number of amidine groups is 1. The van der Waals surface area contributed by atoms with E-state index in [4.69, 9.17) is 27.3 Å². The summed E-state index contributed by atoms with van der Waals surface area (Å²) in [5, 5.41) is 11.9. The third-order valence-corrected chi connectivity index (χ3v) is 3.40. The van der Waals surface area contributed by atoms with Crippen molar-refractivity contribution >= 4 is 39.3 Å². The number of methoxy groups -OCH3 is 1.